The summed E-state index contributed by atoms with van der Waals surface area (Å²) < 4.78 is 43.2. The highest BCUT2D eigenvalue weighted by atomic mass is 32.2. The van der Waals surface area contributed by atoms with Gasteiger partial charge in [-0.2, -0.15) is 5.10 Å². The van der Waals surface area contributed by atoms with E-state index in [-0.39, 0.29) is 4.90 Å². The fourth-order valence-electron chi connectivity index (χ4n) is 4.11. The van der Waals surface area contributed by atoms with Crippen molar-refractivity contribution in [2.75, 3.05) is 10.8 Å². The van der Waals surface area contributed by atoms with Gasteiger partial charge in [-0.05, 0) is 82.3 Å². The molecule has 9 heteroatoms. The lowest BCUT2D eigenvalue weighted by molar-refractivity contribution is -0.119. The van der Waals surface area contributed by atoms with Gasteiger partial charge in [-0.1, -0.05) is 35.4 Å². The normalized spacial score (nSPS) is 11.6. The number of nitrogens with one attached hydrogen (secondary N) is 1. The van der Waals surface area contributed by atoms with E-state index in [1.807, 2.05) is 58.0 Å². The monoisotopic (exact) mass is 532 g/mol. The van der Waals surface area contributed by atoms with Gasteiger partial charge in [0.1, 0.15) is 12.4 Å². The Morgan fingerprint density at radius 3 is 2.11 bits per heavy atom. The molecule has 0 spiro atoms. The van der Waals surface area contributed by atoms with Gasteiger partial charge >= 0.3 is 0 Å². The van der Waals surface area contributed by atoms with Crippen LogP contribution in [0.4, 0.5) is 10.1 Å². The van der Waals surface area contributed by atoms with Crippen LogP contribution in [0.25, 0.3) is 5.69 Å². The second-order valence-corrected chi connectivity index (χ2v) is 11.0. The third-order valence-corrected chi connectivity index (χ3v) is 7.95. The molecule has 0 fully saturated rings. The molecule has 3 aromatic carbocycles. The summed E-state index contributed by atoms with van der Waals surface area (Å²) >= 11 is 0. The number of aromatic nitrogens is 1. The standard InChI is InChI=1S/C29H29FN4O3S/c1-20-5-11-26(12-6-20)33(38(36,37)28-15-9-25(30)10-16-28)19-29(35)32-31-18-24-17-22(3)34(23(24)4)27-13-7-21(2)8-14-27/h5-18H,19H2,1-4H3,(H,32,35)/b31-18-. The molecule has 1 heterocycles. The van der Waals surface area contributed by atoms with Gasteiger partial charge in [0, 0.05) is 22.6 Å². The number of halogens is 1. The number of anilines is 1. The predicted octanol–water partition coefficient (Wildman–Crippen LogP) is 5.20. The van der Waals surface area contributed by atoms with Crippen molar-refractivity contribution in [2.24, 2.45) is 5.10 Å². The zero-order chi connectivity index (χ0) is 27.4. The molecule has 0 saturated carbocycles. The average molecular weight is 533 g/mol. The zero-order valence-corrected chi connectivity index (χ0v) is 22.5. The molecule has 4 aromatic rings. The topological polar surface area (TPSA) is 83.8 Å². The molecule has 196 valence electrons. The number of sulfonamides is 1. The highest BCUT2D eigenvalue weighted by Crippen LogP contribution is 2.24. The van der Waals surface area contributed by atoms with Crippen LogP contribution in [-0.4, -0.2) is 31.7 Å². The van der Waals surface area contributed by atoms with Crippen molar-refractivity contribution in [3.8, 4) is 5.69 Å². The third kappa shape index (κ3) is 5.84. The van der Waals surface area contributed by atoms with E-state index >= 15 is 0 Å². The molecule has 0 aliphatic heterocycles. The molecule has 38 heavy (non-hydrogen) atoms. The van der Waals surface area contributed by atoms with Crippen LogP contribution in [0.15, 0.2) is 88.9 Å². The van der Waals surface area contributed by atoms with E-state index in [0.29, 0.717) is 5.69 Å². The minimum atomic E-state index is -4.15. The largest absolute Gasteiger partial charge is 0.318 e. The van der Waals surface area contributed by atoms with Gasteiger partial charge in [0.2, 0.25) is 0 Å². The molecule has 1 amide bonds. The minimum absolute atomic E-state index is 0.126. The number of aryl methyl sites for hydroxylation is 3. The lowest BCUT2D eigenvalue weighted by Gasteiger charge is -2.23. The van der Waals surface area contributed by atoms with Crippen LogP contribution >= 0.6 is 0 Å². The molecule has 0 radical (unpaired) electrons. The van der Waals surface area contributed by atoms with Gasteiger partial charge in [-0.15, -0.1) is 0 Å². The fourth-order valence-corrected chi connectivity index (χ4v) is 5.53. The van der Waals surface area contributed by atoms with E-state index in [9.17, 15) is 17.6 Å². The van der Waals surface area contributed by atoms with E-state index in [4.69, 9.17) is 0 Å². The smallest absolute Gasteiger partial charge is 0.264 e. The molecule has 1 aromatic heterocycles. The zero-order valence-electron chi connectivity index (χ0n) is 21.6. The Bertz CT molecular complexity index is 1570. The first kappa shape index (κ1) is 26.8. The SMILES string of the molecule is Cc1ccc(N(CC(=O)N/N=C\c2cc(C)n(-c3ccc(C)cc3)c2C)S(=O)(=O)c2ccc(F)cc2)cc1. The Kier molecular flexibility index (Phi) is 7.78. The van der Waals surface area contributed by atoms with Gasteiger partial charge in [-0.25, -0.2) is 18.2 Å². The van der Waals surface area contributed by atoms with Crippen molar-refractivity contribution in [3.63, 3.8) is 0 Å². The number of hydrazone groups is 1. The number of hydrogen-bond acceptors (Lipinski definition) is 4. The maximum atomic E-state index is 13.4. The number of nitrogens with zero attached hydrogens (tertiary/aromatic N) is 3. The molecule has 7 nitrogen and oxygen atoms in total. The van der Waals surface area contributed by atoms with E-state index in [1.165, 1.54) is 23.9 Å². The molecule has 0 saturated heterocycles. The molecular weight excluding hydrogens is 503 g/mol. The molecule has 4 rings (SSSR count). The van der Waals surface area contributed by atoms with Crippen molar-refractivity contribution >= 4 is 27.8 Å². The first-order valence-corrected chi connectivity index (χ1v) is 13.4. The average Bonchev–Trinajstić information content (AvgIpc) is 3.16. The van der Waals surface area contributed by atoms with Crippen LogP contribution < -0.4 is 9.73 Å². The Hall–Kier alpha value is -4.24. The van der Waals surface area contributed by atoms with Crippen LogP contribution in [0.3, 0.4) is 0 Å². The molecule has 0 unspecified atom stereocenters. The summed E-state index contributed by atoms with van der Waals surface area (Å²) in [5.41, 5.74) is 8.64. The Balaban J connectivity index is 1.54. The minimum Gasteiger partial charge on any atom is -0.318 e. The van der Waals surface area contributed by atoms with Crippen LogP contribution in [0.5, 0.6) is 0 Å². The maximum Gasteiger partial charge on any atom is 0.264 e. The van der Waals surface area contributed by atoms with Crippen LogP contribution in [0, 0.1) is 33.5 Å². The highest BCUT2D eigenvalue weighted by Gasteiger charge is 2.27. The van der Waals surface area contributed by atoms with Crippen LogP contribution in [-0.2, 0) is 14.8 Å². The number of amides is 1. The number of hydrogen-bond donors (Lipinski definition) is 1. The summed E-state index contributed by atoms with van der Waals surface area (Å²) in [6.07, 6.45) is 1.54. The number of benzene rings is 3. The Labute approximate surface area is 222 Å². The summed E-state index contributed by atoms with van der Waals surface area (Å²) in [5.74, 6) is -1.18. The van der Waals surface area contributed by atoms with Crippen LogP contribution in [0.2, 0.25) is 0 Å². The van der Waals surface area contributed by atoms with Gasteiger partial charge in [0.25, 0.3) is 15.9 Å². The first-order valence-electron chi connectivity index (χ1n) is 12.0. The van der Waals surface area contributed by atoms with Crippen molar-refractivity contribution in [1.82, 2.24) is 9.99 Å². The molecule has 1 N–H and O–H groups in total. The summed E-state index contributed by atoms with van der Waals surface area (Å²) in [6, 6.07) is 21.3. The van der Waals surface area contributed by atoms with Crippen molar-refractivity contribution in [2.45, 2.75) is 32.6 Å². The summed E-state index contributed by atoms with van der Waals surface area (Å²) in [7, 11) is -4.15. The van der Waals surface area contributed by atoms with Crippen LogP contribution in [0.1, 0.15) is 28.1 Å². The molecule has 0 atom stereocenters. The van der Waals surface area contributed by atoms with Crippen molar-refractivity contribution in [1.29, 1.82) is 0 Å². The molecule has 0 aliphatic carbocycles. The summed E-state index contributed by atoms with van der Waals surface area (Å²) in [5, 5.41) is 4.08. The third-order valence-electron chi connectivity index (χ3n) is 6.17. The van der Waals surface area contributed by atoms with E-state index in [0.717, 1.165) is 44.6 Å². The van der Waals surface area contributed by atoms with E-state index < -0.39 is 28.3 Å². The van der Waals surface area contributed by atoms with Crippen molar-refractivity contribution < 1.29 is 17.6 Å². The Morgan fingerprint density at radius 2 is 1.50 bits per heavy atom. The van der Waals surface area contributed by atoms with E-state index in [1.54, 1.807) is 24.3 Å². The molecule has 0 bridgehead atoms. The quantitative estimate of drug-likeness (QED) is 0.250. The molecular formula is C29H29FN4O3S. The lowest BCUT2D eigenvalue weighted by Crippen LogP contribution is -2.39. The maximum absolute atomic E-state index is 13.4. The van der Waals surface area contributed by atoms with Gasteiger partial charge in [0.15, 0.2) is 0 Å². The van der Waals surface area contributed by atoms with Gasteiger partial charge in [-0.3, -0.25) is 9.10 Å². The summed E-state index contributed by atoms with van der Waals surface area (Å²) in [6.45, 7) is 7.35. The number of rotatable bonds is 8. The highest BCUT2D eigenvalue weighted by molar-refractivity contribution is 7.92. The second kappa shape index (κ2) is 11.0. The molecule has 0 aliphatic rings. The fraction of sp³-hybridized carbons (Fsp3) is 0.172. The van der Waals surface area contributed by atoms with Gasteiger partial charge in [0.05, 0.1) is 16.8 Å². The second-order valence-electron chi connectivity index (χ2n) is 9.09. The summed E-state index contributed by atoms with van der Waals surface area (Å²) in [4.78, 5) is 12.7. The first-order chi connectivity index (χ1) is 18.1. The lowest BCUT2D eigenvalue weighted by atomic mass is 10.2. The predicted molar refractivity (Wildman–Crippen MR) is 148 cm³/mol. The van der Waals surface area contributed by atoms with E-state index in [2.05, 4.69) is 15.1 Å². The Morgan fingerprint density at radius 1 is 0.921 bits per heavy atom. The van der Waals surface area contributed by atoms with Gasteiger partial charge < -0.3 is 4.57 Å². The number of carbonyl (C=O) groups is 1. The number of carbonyl (C=O) groups excluding carboxylic acids is 1. The van der Waals surface area contributed by atoms with Crippen molar-refractivity contribution in [3.05, 3.63) is 113 Å².